The first kappa shape index (κ1) is 21.0. The van der Waals surface area contributed by atoms with Crippen molar-refractivity contribution in [1.82, 2.24) is 19.3 Å². The van der Waals surface area contributed by atoms with Crippen molar-refractivity contribution in [3.63, 3.8) is 0 Å². The van der Waals surface area contributed by atoms with Gasteiger partial charge >= 0.3 is 6.61 Å². The number of anilines is 1. The first-order valence-corrected chi connectivity index (χ1v) is 9.37. The van der Waals surface area contributed by atoms with Crippen molar-refractivity contribution in [2.45, 2.75) is 13.2 Å². The van der Waals surface area contributed by atoms with Crippen molar-refractivity contribution in [3.05, 3.63) is 71.4 Å². The molecule has 0 bridgehead atoms. The highest BCUT2D eigenvalue weighted by atomic mass is 19.3. The van der Waals surface area contributed by atoms with E-state index < -0.39 is 18.1 Å². The molecular formula is C21H17F2N5O4. The van der Waals surface area contributed by atoms with Gasteiger partial charge in [0, 0.05) is 11.8 Å². The van der Waals surface area contributed by atoms with Crippen LogP contribution in [0.3, 0.4) is 0 Å². The normalized spacial score (nSPS) is 11.0. The quantitative estimate of drug-likeness (QED) is 0.473. The number of methoxy groups -OCH3 is 1. The average molecular weight is 441 g/mol. The maximum Gasteiger partial charge on any atom is 0.387 e. The van der Waals surface area contributed by atoms with Crippen LogP contribution in [0.5, 0.6) is 11.5 Å². The molecule has 0 radical (unpaired) electrons. The average Bonchev–Trinajstić information content (AvgIpc) is 3.22. The van der Waals surface area contributed by atoms with Gasteiger partial charge in [-0.1, -0.05) is 18.2 Å². The van der Waals surface area contributed by atoms with Gasteiger partial charge in [0.1, 0.15) is 18.3 Å². The molecule has 1 N–H and O–H groups in total. The molecule has 4 aromatic rings. The number of benzene rings is 2. The third-order valence-electron chi connectivity index (χ3n) is 4.53. The Bertz CT molecular complexity index is 1320. The van der Waals surface area contributed by atoms with E-state index in [0.717, 1.165) is 10.3 Å². The zero-order valence-electron chi connectivity index (χ0n) is 16.7. The van der Waals surface area contributed by atoms with Crippen LogP contribution < -0.4 is 20.3 Å². The minimum atomic E-state index is -3.01. The molecule has 0 saturated carbocycles. The number of carbonyl (C=O) groups excluding carboxylic acids is 1. The lowest BCUT2D eigenvalue weighted by Crippen LogP contribution is -2.27. The summed E-state index contributed by atoms with van der Waals surface area (Å²) in [6, 6.07) is 13.2. The Balaban J connectivity index is 1.53. The predicted molar refractivity (Wildman–Crippen MR) is 111 cm³/mol. The number of para-hydroxylation sites is 1. The lowest BCUT2D eigenvalue weighted by molar-refractivity contribution is -0.116. The van der Waals surface area contributed by atoms with Crippen molar-refractivity contribution in [3.8, 4) is 17.2 Å². The molecule has 11 heteroatoms. The van der Waals surface area contributed by atoms with E-state index in [9.17, 15) is 18.4 Å². The largest absolute Gasteiger partial charge is 0.493 e. The minimum absolute atomic E-state index is 0.0247. The van der Waals surface area contributed by atoms with Gasteiger partial charge in [-0.05, 0) is 24.3 Å². The fourth-order valence-corrected chi connectivity index (χ4v) is 3.11. The van der Waals surface area contributed by atoms with Crippen LogP contribution in [0, 0.1) is 0 Å². The highest BCUT2D eigenvalue weighted by Crippen LogP contribution is 2.31. The van der Waals surface area contributed by atoms with Crippen LogP contribution >= 0.6 is 0 Å². The first-order valence-electron chi connectivity index (χ1n) is 9.37. The molecule has 0 aliphatic rings. The number of amides is 1. The maximum absolute atomic E-state index is 12.8. The summed E-state index contributed by atoms with van der Waals surface area (Å²) in [6.07, 6.45) is 2.67. The van der Waals surface area contributed by atoms with Crippen LogP contribution in [0.4, 0.5) is 14.5 Å². The Hall–Kier alpha value is -4.28. The Labute approximate surface area is 179 Å². The van der Waals surface area contributed by atoms with Gasteiger partial charge in [-0.25, -0.2) is 9.67 Å². The summed E-state index contributed by atoms with van der Waals surface area (Å²) in [7, 11) is 1.29. The van der Waals surface area contributed by atoms with Gasteiger partial charge in [0.15, 0.2) is 17.1 Å². The fraction of sp³-hybridized carbons (Fsp3) is 0.143. The SMILES string of the molecule is COc1cc(NC(=O)Cn2cnc3c(cnn3-c3ccccc3)c2=O)ccc1OC(F)F. The number of fused-ring (bicyclic) bond motifs is 1. The minimum Gasteiger partial charge on any atom is -0.493 e. The molecule has 32 heavy (non-hydrogen) atoms. The molecule has 9 nitrogen and oxygen atoms in total. The van der Waals surface area contributed by atoms with Crippen LogP contribution in [0.25, 0.3) is 16.7 Å². The molecule has 0 fully saturated rings. The van der Waals surface area contributed by atoms with Crippen LogP contribution in [0.15, 0.2) is 65.8 Å². The predicted octanol–water partition coefficient (Wildman–Crippen LogP) is 2.83. The zero-order valence-corrected chi connectivity index (χ0v) is 16.7. The molecule has 0 spiro atoms. The maximum atomic E-state index is 12.8. The number of hydrogen-bond acceptors (Lipinski definition) is 6. The summed E-state index contributed by atoms with van der Waals surface area (Å²) < 4.78 is 36.9. The number of nitrogens with zero attached hydrogens (tertiary/aromatic N) is 4. The monoisotopic (exact) mass is 441 g/mol. The number of alkyl halides is 2. The lowest BCUT2D eigenvalue weighted by atomic mass is 10.2. The highest BCUT2D eigenvalue weighted by molar-refractivity contribution is 5.91. The molecular weight excluding hydrogens is 424 g/mol. The molecule has 0 aliphatic carbocycles. The van der Waals surface area contributed by atoms with Crippen molar-refractivity contribution < 1.29 is 23.0 Å². The Morgan fingerprint density at radius 1 is 1.16 bits per heavy atom. The van der Waals surface area contributed by atoms with Gasteiger partial charge in [0.05, 0.1) is 19.0 Å². The van der Waals surface area contributed by atoms with Crippen molar-refractivity contribution in [2.24, 2.45) is 0 Å². The summed E-state index contributed by atoms with van der Waals surface area (Å²) in [5.74, 6) is -0.660. The van der Waals surface area contributed by atoms with Gasteiger partial charge in [-0.15, -0.1) is 0 Å². The van der Waals surface area contributed by atoms with E-state index in [1.54, 1.807) is 0 Å². The molecule has 0 unspecified atom stereocenters. The lowest BCUT2D eigenvalue weighted by Gasteiger charge is -2.12. The van der Waals surface area contributed by atoms with Gasteiger partial charge in [-0.3, -0.25) is 14.2 Å². The van der Waals surface area contributed by atoms with E-state index >= 15 is 0 Å². The van der Waals surface area contributed by atoms with Gasteiger partial charge in [0.2, 0.25) is 5.91 Å². The molecule has 0 aliphatic heterocycles. The third-order valence-corrected chi connectivity index (χ3v) is 4.53. The van der Waals surface area contributed by atoms with E-state index in [2.05, 4.69) is 20.1 Å². The number of hydrogen-bond donors (Lipinski definition) is 1. The van der Waals surface area contributed by atoms with Crippen LogP contribution in [0.2, 0.25) is 0 Å². The molecule has 4 rings (SSSR count). The Morgan fingerprint density at radius 3 is 2.66 bits per heavy atom. The number of carbonyl (C=O) groups is 1. The summed E-state index contributed by atoms with van der Waals surface area (Å²) in [5.41, 5.74) is 0.980. The van der Waals surface area contributed by atoms with Crippen molar-refractivity contribution in [2.75, 3.05) is 12.4 Å². The van der Waals surface area contributed by atoms with Gasteiger partial charge < -0.3 is 14.8 Å². The number of aromatic nitrogens is 4. The van der Waals surface area contributed by atoms with E-state index in [4.69, 9.17) is 4.74 Å². The van der Waals surface area contributed by atoms with Crippen LogP contribution in [-0.2, 0) is 11.3 Å². The van der Waals surface area contributed by atoms with E-state index in [1.165, 1.54) is 42.5 Å². The topological polar surface area (TPSA) is 100 Å². The summed E-state index contributed by atoms with van der Waals surface area (Å²) in [6.45, 7) is -3.32. The molecule has 0 saturated heterocycles. The van der Waals surface area contributed by atoms with Gasteiger partial charge in [-0.2, -0.15) is 13.9 Å². The smallest absolute Gasteiger partial charge is 0.387 e. The molecule has 2 aromatic carbocycles. The van der Waals surface area contributed by atoms with Crippen molar-refractivity contribution in [1.29, 1.82) is 0 Å². The summed E-state index contributed by atoms with van der Waals surface area (Å²) >= 11 is 0. The third kappa shape index (κ3) is 4.26. The fourth-order valence-electron chi connectivity index (χ4n) is 3.11. The number of ether oxygens (including phenoxy) is 2. The first-order chi connectivity index (χ1) is 15.5. The van der Waals surface area contributed by atoms with Crippen LogP contribution in [0.1, 0.15) is 0 Å². The standard InChI is InChI=1S/C21H17F2N5O4/c1-31-17-9-13(7-8-16(17)32-21(22)23)26-18(29)11-27-12-24-19-15(20(27)30)10-25-28(19)14-5-3-2-4-6-14/h2-10,12,21H,11H2,1H3,(H,26,29). The highest BCUT2D eigenvalue weighted by Gasteiger charge is 2.15. The molecule has 1 amide bonds. The zero-order chi connectivity index (χ0) is 22.7. The van der Waals surface area contributed by atoms with E-state index in [0.29, 0.717) is 5.65 Å². The molecule has 2 aromatic heterocycles. The number of halogens is 2. The van der Waals surface area contributed by atoms with E-state index in [-0.39, 0.29) is 29.1 Å². The second kappa shape index (κ2) is 8.84. The Morgan fingerprint density at radius 2 is 1.94 bits per heavy atom. The van der Waals surface area contributed by atoms with Crippen LogP contribution in [-0.4, -0.2) is 39.0 Å². The summed E-state index contributed by atoms with van der Waals surface area (Å²) in [4.78, 5) is 29.5. The molecule has 164 valence electrons. The van der Waals surface area contributed by atoms with Gasteiger partial charge in [0.25, 0.3) is 5.56 Å². The number of rotatable bonds is 7. The van der Waals surface area contributed by atoms with E-state index in [1.807, 2.05) is 30.3 Å². The van der Waals surface area contributed by atoms with Crippen molar-refractivity contribution >= 4 is 22.6 Å². The molecule has 0 atom stereocenters. The second-order valence-corrected chi connectivity index (χ2v) is 6.60. The Kier molecular flexibility index (Phi) is 5.79. The second-order valence-electron chi connectivity index (χ2n) is 6.60. The summed E-state index contributed by atoms with van der Waals surface area (Å²) in [5, 5.41) is 7.07. The number of nitrogens with one attached hydrogen (secondary N) is 1. The molecule has 2 heterocycles.